The molecule has 0 atom stereocenters. The average molecular weight is 177 g/mol. The van der Waals surface area contributed by atoms with Gasteiger partial charge in [-0.25, -0.2) is 0 Å². The average Bonchev–Trinajstić information content (AvgIpc) is 2.17. The Balaban J connectivity index is 3.15. The molecule has 0 bridgehead atoms. The minimum atomic E-state index is -0.00667. The molecule has 1 amide bonds. The van der Waals surface area contributed by atoms with Crippen molar-refractivity contribution in [2.24, 2.45) is 0 Å². The van der Waals surface area contributed by atoms with E-state index in [1.54, 1.807) is 7.05 Å². The first-order valence-corrected chi connectivity index (χ1v) is 4.51. The zero-order valence-electron chi connectivity index (χ0n) is 8.35. The molecule has 0 saturated heterocycles. The van der Waals surface area contributed by atoms with Crippen molar-refractivity contribution >= 4 is 5.91 Å². The van der Waals surface area contributed by atoms with E-state index < -0.39 is 0 Å². The van der Waals surface area contributed by atoms with Crippen molar-refractivity contribution in [2.75, 3.05) is 7.05 Å². The van der Waals surface area contributed by atoms with E-state index in [4.69, 9.17) is 0 Å². The summed E-state index contributed by atoms with van der Waals surface area (Å²) in [5.41, 5.74) is 3.10. The zero-order valence-corrected chi connectivity index (χ0v) is 8.35. The number of amides is 1. The number of carbonyl (C=O) groups is 1. The van der Waals surface area contributed by atoms with Crippen molar-refractivity contribution in [3.05, 3.63) is 34.9 Å². The van der Waals surface area contributed by atoms with Crippen LogP contribution in [0.3, 0.4) is 0 Å². The van der Waals surface area contributed by atoms with Crippen LogP contribution in [0.2, 0.25) is 0 Å². The molecule has 0 saturated carbocycles. The normalized spacial score (nSPS) is 9.77. The molecule has 0 heterocycles. The lowest BCUT2D eigenvalue weighted by molar-refractivity contribution is 0.0962. The molecule has 0 spiro atoms. The lowest BCUT2D eigenvalue weighted by Crippen LogP contribution is -2.19. The summed E-state index contributed by atoms with van der Waals surface area (Å²) in [5.74, 6) is -0.00667. The van der Waals surface area contributed by atoms with Crippen molar-refractivity contribution in [1.82, 2.24) is 5.32 Å². The van der Waals surface area contributed by atoms with Gasteiger partial charge in [0.05, 0.1) is 0 Å². The second-order valence-electron chi connectivity index (χ2n) is 3.02. The molecule has 2 nitrogen and oxygen atoms in total. The van der Waals surface area contributed by atoms with Crippen LogP contribution in [-0.2, 0) is 6.42 Å². The highest BCUT2D eigenvalue weighted by atomic mass is 16.1. The number of aryl methyl sites for hydroxylation is 1. The molecule has 1 aromatic carbocycles. The zero-order chi connectivity index (χ0) is 9.84. The third kappa shape index (κ3) is 1.89. The van der Waals surface area contributed by atoms with Gasteiger partial charge in [0.1, 0.15) is 0 Å². The van der Waals surface area contributed by atoms with Gasteiger partial charge in [0.2, 0.25) is 0 Å². The maximum absolute atomic E-state index is 11.4. The third-order valence-electron chi connectivity index (χ3n) is 2.30. The molecular weight excluding hydrogens is 162 g/mol. The standard InChI is InChI=1S/C11H15NO/c1-4-9-6-5-7-10(8(9)2)11(13)12-3/h5-7H,4H2,1-3H3,(H,12,13). The molecule has 0 aromatic heterocycles. The molecular formula is C11H15NO. The highest BCUT2D eigenvalue weighted by molar-refractivity contribution is 5.95. The Hall–Kier alpha value is -1.31. The topological polar surface area (TPSA) is 29.1 Å². The fraction of sp³-hybridized carbons (Fsp3) is 0.364. The SMILES string of the molecule is CCc1cccc(C(=O)NC)c1C. The number of benzene rings is 1. The van der Waals surface area contributed by atoms with Crippen molar-refractivity contribution in [3.63, 3.8) is 0 Å². The molecule has 0 fully saturated rings. The second kappa shape index (κ2) is 4.08. The van der Waals surface area contributed by atoms with Gasteiger partial charge in [-0.2, -0.15) is 0 Å². The summed E-state index contributed by atoms with van der Waals surface area (Å²) in [6.07, 6.45) is 0.969. The highest BCUT2D eigenvalue weighted by Crippen LogP contribution is 2.13. The Morgan fingerprint density at radius 3 is 2.69 bits per heavy atom. The first-order valence-electron chi connectivity index (χ1n) is 4.51. The van der Waals surface area contributed by atoms with Crippen LogP contribution in [0.15, 0.2) is 18.2 Å². The number of rotatable bonds is 2. The van der Waals surface area contributed by atoms with Crippen molar-refractivity contribution in [3.8, 4) is 0 Å². The minimum absolute atomic E-state index is 0.00667. The fourth-order valence-corrected chi connectivity index (χ4v) is 1.45. The van der Waals surface area contributed by atoms with Crippen LogP contribution in [0.1, 0.15) is 28.4 Å². The summed E-state index contributed by atoms with van der Waals surface area (Å²) >= 11 is 0. The first-order chi connectivity index (χ1) is 6.20. The van der Waals surface area contributed by atoms with Gasteiger partial charge < -0.3 is 5.32 Å². The lowest BCUT2D eigenvalue weighted by atomic mass is 10.0. The Bertz CT molecular complexity index is 318. The number of hydrogen-bond donors (Lipinski definition) is 1. The molecule has 0 unspecified atom stereocenters. The summed E-state index contributed by atoms with van der Waals surface area (Å²) in [6, 6.07) is 5.84. The largest absolute Gasteiger partial charge is 0.355 e. The van der Waals surface area contributed by atoms with E-state index in [0.29, 0.717) is 0 Å². The summed E-state index contributed by atoms with van der Waals surface area (Å²) in [4.78, 5) is 11.4. The van der Waals surface area contributed by atoms with Crippen molar-refractivity contribution < 1.29 is 4.79 Å². The van der Waals surface area contributed by atoms with E-state index in [9.17, 15) is 4.79 Å². The van der Waals surface area contributed by atoms with E-state index >= 15 is 0 Å². The van der Waals surface area contributed by atoms with Crippen LogP contribution >= 0.6 is 0 Å². The van der Waals surface area contributed by atoms with E-state index in [1.807, 2.05) is 19.1 Å². The van der Waals surface area contributed by atoms with Gasteiger partial charge in [0, 0.05) is 12.6 Å². The second-order valence-corrected chi connectivity index (χ2v) is 3.02. The molecule has 0 aliphatic carbocycles. The van der Waals surface area contributed by atoms with E-state index in [2.05, 4.69) is 18.3 Å². The van der Waals surface area contributed by atoms with Crippen molar-refractivity contribution in [1.29, 1.82) is 0 Å². The van der Waals surface area contributed by atoms with Crippen LogP contribution in [0.5, 0.6) is 0 Å². The minimum Gasteiger partial charge on any atom is -0.355 e. The lowest BCUT2D eigenvalue weighted by Gasteiger charge is -2.08. The quantitative estimate of drug-likeness (QED) is 0.734. The van der Waals surface area contributed by atoms with Gasteiger partial charge in [0.15, 0.2) is 0 Å². The maximum atomic E-state index is 11.4. The van der Waals surface area contributed by atoms with Gasteiger partial charge in [-0.05, 0) is 30.5 Å². The van der Waals surface area contributed by atoms with Crippen LogP contribution in [0.25, 0.3) is 0 Å². The Morgan fingerprint density at radius 1 is 1.46 bits per heavy atom. The van der Waals surface area contributed by atoms with Gasteiger partial charge in [-0.1, -0.05) is 19.1 Å². The molecule has 13 heavy (non-hydrogen) atoms. The molecule has 1 rings (SSSR count). The van der Waals surface area contributed by atoms with Crippen LogP contribution in [0.4, 0.5) is 0 Å². The Labute approximate surface area is 79.0 Å². The predicted molar refractivity (Wildman–Crippen MR) is 53.9 cm³/mol. The van der Waals surface area contributed by atoms with Crippen LogP contribution in [0, 0.1) is 6.92 Å². The fourth-order valence-electron chi connectivity index (χ4n) is 1.45. The third-order valence-corrected chi connectivity index (χ3v) is 2.30. The molecule has 0 aliphatic rings. The van der Waals surface area contributed by atoms with E-state index in [1.165, 1.54) is 5.56 Å². The molecule has 0 radical (unpaired) electrons. The molecule has 1 aromatic rings. The summed E-state index contributed by atoms with van der Waals surface area (Å²) in [7, 11) is 1.65. The Kier molecular flexibility index (Phi) is 3.07. The predicted octanol–water partition coefficient (Wildman–Crippen LogP) is 1.92. The van der Waals surface area contributed by atoms with Crippen LogP contribution in [-0.4, -0.2) is 13.0 Å². The van der Waals surface area contributed by atoms with Gasteiger partial charge in [-0.3, -0.25) is 4.79 Å². The Morgan fingerprint density at radius 2 is 2.15 bits per heavy atom. The summed E-state index contributed by atoms with van der Waals surface area (Å²) < 4.78 is 0. The van der Waals surface area contributed by atoms with Crippen LogP contribution < -0.4 is 5.32 Å². The summed E-state index contributed by atoms with van der Waals surface area (Å²) in [5, 5.41) is 2.63. The molecule has 1 N–H and O–H groups in total. The molecule has 0 aliphatic heterocycles. The number of hydrogen-bond acceptors (Lipinski definition) is 1. The van der Waals surface area contributed by atoms with Crippen molar-refractivity contribution in [2.45, 2.75) is 20.3 Å². The monoisotopic (exact) mass is 177 g/mol. The maximum Gasteiger partial charge on any atom is 0.251 e. The van der Waals surface area contributed by atoms with E-state index in [0.717, 1.165) is 17.5 Å². The molecule has 2 heteroatoms. The van der Waals surface area contributed by atoms with E-state index in [-0.39, 0.29) is 5.91 Å². The first kappa shape index (κ1) is 9.78. The summed E-state index contributed by atoms with van der Waals surface area (Å²) in [6.45, 7) is 4.08. The molecule has 70 valence electrons. The van der Waals surface area contributed by atoms with Gasteiger partial charge >= 0.3 is 0 Å². The highest BCUT2D eigenvalue weighted by Gasteiger charge is 2.08. The van der Waals surface area contributed by atoms with Gasteiger partial charge in [0.25, 0.3) is 5.91 Å². The van der Waals surface area contributed by atoms with Gasteiger partial charge in [-0.15, -0.1) is 0 Å². The smallest absolute Gasteiger partial charge is 0.251 e. The number of nitrogens with one attached hydrogen (secondary N) is 1. The number of carbonyl (C=O) groups excluding carboxylic acids is 1.